The molecular formula is C19H23NO4. The Morgan fingerprint density at radius 1 is 1.00 bits per heavy atom. The zero-order valence-electron chi connectivity index (χ0n) is 14.2. The zero-order valence-corrected chi connectivity index (χ0v) is 14.2. The summed E-state index contributed by atoms with van der Waals surface area (Å²) in [5.41, 5.74) is 2.78. The third-order valence-electron chi connectivity index (χ3n) is 5.55. The third-order valence-corrected chi connectivity index (χ3v) is 5.55. The maximum Gasteiger partial charge on any atom is 0.235 e. The van der Waals surface area contributed by atoms with Crippen molar-refractivity contribution in [3.8, 4) is 17.2 Å². The number of fused-ring (bicyclic) bond motifs is 2. The number of isocyanates is 1. The van der Waals surface area contributed by atoms with E-state index >= 15 is 0 Å². The highest BCUT2D eigenvalue weighted by Gasteiger charge is 2.44. The fourth-order valence-corrected chi connectivity index (χ4v) is 4.58. The molecule has 0 bridgehead atoms. The van der Waals surface area contributed by atoms with Crippen LogP contribution in [0.5, 0.6) is 17.2 Å². The molecule has 2 aliphatic heterocycles. The van der Waals surface area contributed by atoms with Gasteiger partial charge in [-0.05, 0) is 38.5 Å². The molecule has 0 saturated heterocycles. The summed E-state index contributed by atoms with van der Waals surface area (Å²) >= 11 is 0. The Bertz CT molecular complexity index is 663. The topological polar surface area (TPSA) is 57.1 Å². The Morgan fingerprint density at radius 2 is 1.67 bits per heavy atom. The lowest BCUT2D eigenvalue weighted by atomic mass is 9.80. The number of ether oxygens (including phenoxy) is 3. The number of carbonyl (C=O) groups excluding carboxylic acids is 1. The van der Waals surface area contributed by atoms with Crippen LogP contribution >= 0.6 is 0 Å². The summed E-state index contributed by atoms with van der Waals surface area (Å²) < 4.78 is 17.8. The second kappa shape index (κ2) is 6.14. The number of nitrogens with zero attached hydrogens (tertiary/aromatic N) is 1. The Morgan fingerprint density at radius 3 is 2.33 bits per heavy atom. The van der Waals surface area contributed by atoms with Gasteiger partial charge >= 0.3 is 0 Å². The molecule has 1 fully saturated rings. The van der Waals surface area contributed by atoms with Crippen molar-refractivity contribution in [2.75, 3.05) is 20.3 Å². The van der Waals surface area contributed by atoms with Crippen LogP contribution in [-0.4, -0.2) is 26.4 Å². The van der Waals surface area contributed by atoms with Gasteiger partial charge in [-0.15, -0.1) is 0 Å². The summed E-state index contributed by atoms with van der Waals surface area (Å²) in [5.74, 6) is 2.55. The standard InChI is InChI=1S/C19H23NO4/c1-22-17-14-7-5-10-23-16(14)15(13-6-4-11-24-18(13)17)19(20-12-21)8-2-3-9-19/h2-11H2,1H3. The fraction of sp³-hybridized carbons (Fsp3) is 0.632. The van der Waals surface area contributed by atoms with Crippen molar-refractivity contribution in [2.24, 2.45) is 4.99 Å². The Kier molecular flexibility index (Phi) is 3.97. The van der Waals surface area contributed by atoms with Crippen LogP contribution in [0.15, 0.2) is 4.99 Å². The predicted molar refractivity (Wildman–Crippen MR) is 88.9 cm³/mol. The lowest BCUT2D eigenvalue weighted by Crippen LogP contribution is -2.27. The molecule has 2 heterocycles. The SMILES string of the molecule is COc1c2c(c(C3(N=C=O)CCCC3)c3c1OCCC3)OCCC2. The van der Waals surface area contributed by atoms with Gasteiger partial charge in [0.15, 0.2) is 11.5 Å². The van der Waals surface area contributed by atoms with E-state index in [1.807, 2.05) is 6.08 Å². The van der Waals surface area contributed by atoms with Crippen molar-refractivity contribution in [1.29, 1.82) is 0 Å². The van der Waals surface area contributed by atoms with Gasteiger partial charge in [0.2, 0.25) is 6.08 Å². The Balaban J connectivity index is 2.03. The van der Waals surface area contributed by atoms with Crippen LogP contribution in [0.3, 0.4) is 0 Å². The molecule has 0 radical (unpaired) electrons. The molecule has 1 aromatic carbocycles. The molecule has 1 aliphatic carbocycles. The van der Waals surface area contributed by atoms with E-state index in [0.29, 0.717) is 13.2 Å². The van der Waals surface area contributed by atoms with Gasteiger partial charge in [0, 0.05) is 16.7 Å². The summed E-state index contributed by atoms with van der Waals surface area (Å²) in [6.45, 7) is 1.40. The minimum atomic E-state index is -0.500. The molecule has 5 heteroatoms. The number of methoxy groups -OCH3 is 1. The van der Waals surface area contributed by atoms with Gasteiger partial charge in [0.1, 0.15) is 11.3 Å². The Hall–Kier alpha value is -2.00. The van der Waals surface area contributed by atoms with Gasteiger partial charge in [0.05, 0.1) is 20.3 Å². The molecule has 0 amide bonds. The first-order chi connectivity index (χ1) is 11.8. The fourth-order valence-electron chi connectivity index (χ4n) is 4.58. The predicted octanol–water partition coefficient (Wildman–Crippen LogP) is 3.45. The van der Waals surface area contributed by atoms with E-state index in [1.54, 1.807) is 7.11 Å². The summed E-state index contributed by atoms with van der Waals surface area (Å²) in [7, 11) is 1.69. The van der Waals surface area contributed by atoms with E-state index in [2.05, 4.69) is 4.99 Å². The molecule has 24 heavy (non-hydrogen) atoms. The molecule has 128 valence electrons. The summed E-state index contributed by atoms with van der Waals surface area (Å²) in [6, 6.07) is 0. The number of hydrogen-bond acceptors (Lipinski definition) is 5. The van der Waals surface area contributed by atoms with Crippen LogP contribution in [0.2, 0.25) is 0 Å². The van der Waals surface area contributed by atoms with E-state index in [1.165, 1.54) is 0 Å². The van der Waals surface area contributed by atoms with Crippen molar-refractivity contribution in [3.63, 3.8) is 0 Å². The van der Waals surface area contributed by atoms with E-state index in [-0.39, 0.29) is 0 Å². The minimum Gasteiger partial charge on any atom is -0.493 e. The molecule has 1 aromatic rings. The zero-order chi connectivity index (χ0) is 16.6. The summed E-state index contributed by atoms with van der Waals surface area (Å²) in [5, 5.41) is 0. The van der Waals surface area contributed by atoms with Gasteiger partial charge in [-0.25, -0.2) is 4.79 Å². The number of hydrogen-bond donors (Lipinski definition) is 0. The van der Waals surface area contributed by atoms with Gasteiger partial charge < -0.3 is 14.2 Å². The highest BCUT2D eigenvalue weighted by molar-refractivity contribution is 5.66. The van der Waals surface area contributed by atoms with Crippen LogP contribution in [0.1, 0.15) is 55.2 Å². The van der Waals surface area contributed by atoms with Crippen molar-refractivity contribution in [3.05, 3.63) is 16.7 Å². The second-order valence-electron chi connectivity index (χ2n) is 6.87. The molecule has 0 spiro atoms. The highest BCUT2D eigenvalue weighted by Crippen LogP contribution is 2.55. The van der Waals surface area contributed by atoms with E-state index in [4.69, 9.17) is 14.2 Å². The maximum absolute atomic E-state index is 11.2. The van der Waals surface area contributed by atoms with E-state index in [9.17, 15) is 4.79 Å². The number of aliphatic imine (C=N–C) groups is 1. The van der Waals surface area contributed by atoms with Crippen molar-refractivity contribution in [1.82, 2.24) is 0 Å². The molecular weight excluding hydrogens is 306 g/mol. The van der Waals surface area contributed by atoms with E-state index < -0.39 is 5.54 Å². The third kappa shape index (κ3) is 2.22. The largest absolute Gasteiger partial charge is 0.493 e. The van der Waals surface area contributed by atoms with Crippen LogP contribution in [0.25, 0.3) is 0 Å². The maximum atomic E-state index is 11.2. The molecule has 4 rings (SSSR count). The summed E-state index contributed by atoms with van der Waals surface area (Å²) in [4.78, 5) is 15.5. The lowest BCUT2D eigenvalue weighted by Gasteiger charge is -2.35. The second-order valence-corrected chi connectivity index (χ2v) is 6.87. The minimum absolute atomic E-state index is 0.500. The van der Waals surface area contributed by atoms with Gasteiger partial charge in [-0.2, -0.15) is 4.99 Å². The van der Waals surface area contributed by atoms with Crippen molar-refractivity contribution in [2.45, 2.75) is 56.9 Å². The first-order valence-corrected chi connectivity index (χ1v) is 8.91. The molecule has 0 unspecified atom stereocenters. The van der Waals surface area contributed by atoms with Gasteiger partial charge in [-0.1, -0.05) is 12.8 Å². The monoisotopic (exact) mass is 329 g/mol. The molecule has 0 aromatic heterocycles. The normalized spacial score (nSPS) is 20.9. The smallest absolute Gasteiger partial charge is 0.235 e. The Labute approximate surface area is 142 Å². The van der Waals surface area contributed by atoms with E-state index in [0.717, 1.165) is 85.3 Å². The molecule has 5 nitrogen and oxygen atoms in total. The molecule has 0 atom stereocenters. The average Bonchev–Trinajstić information content (AvgIpc) is 3.09. The molecule has 0 N–H and O–H groups in total. The van der Waals surface area contributed by atoms with Crippen LogP contribution < -0.4 is 14.2 Å². The van der Waals surface area contributed by atoms with Crippen molar-refractivity contribution < 1.29 is 19.0 Å². The van der Waals surface area contributed by atoms with Gasteiger partial charge in [0.25, 0.3) is 0 Å². The molecule has 1 saturated carbocycles. The lowest BCUT2D eigenvalue weighted by molar-refractivity contribution is 0.243. The molecule has 3 aliphatic rings. The number of benzene rings is 1. The van der Waals surface area contributed by atoms with Crippen LogP contribution in [0.4, 0.5) is 0 Å². The van der Waals surface area contributed by atoms with Crippen LogP contribution in [-0.2, 0) is 23.2 Å². The van der Waals surface area contributed by atoms with Crippen LogP contribution in [0, 0.1) is 0 Å². The first kappa shape index (κ1) is 15.5. The average molecular weight is 329 g/mol. The number of rotatable bonds is 3. The highest BCUT2D eigenvalue weighted by atomic mass is 16.5. The van der Waals surface area contributed by atoms with Crippen molar-refractivity contribution >= 4 is 6.08 Å². The first-order valence-electron chi connectivity index (χ1n) is 8.91. The summed E-state index contributed by atoms with van der Waals surface area (Å²) in [6.07, 6.45) is 9.47. The quantitative estimate of drug-likeness (QED) is 0.629. The van der Waals surface area contributed by atoms with Gasteiger partial charge in [-0.3, -0.25) is 0 Å².